The second kappa shape index (κ2) is 6.99. The molecule has 1 unspecified atom stereocenters. The van der Waals surface area contributed by atoms with Gasteiger partial charge in [-0.2, -0.15) is 0 Å². The van der Waals surface area contributed by atoms with E-state index in [0.717, 1.165) is 32.4 Å². The monoisotopic (exact) mass is 197 g/mol. The molecule has 0 aromatic heterocycles. The average molecular weight is 197 g/mol. The van der Waals surface area contributed by atoms with Crippen LogP contribution in [0.25, 0.3) is 0 Å². The number of piperidine rings is 1. The molecule has 0 radical (unpaired) electrons. The lowest BCUT2D eigenvalue weighted by atomic mass is 9.92. The zero-order valence-electron chi connectivity index (χ0n) is 9.35. The maximum absolute atomic E-state index is 11.6. The summed E-state index contributed by atoms with van der Waals surface area (Å²) in [6.07, 6.45) is 7.61. The Balaban J connectivity index is 2.06. The minimum absolute atomic E-state index is 0.479. The summed E-state index contributed by atoms with van der Waals surface area (Å²) in [5, 5.41) is 3.36. The van der Waals surface area contributed by atoms with Gasteiger partial charge in [0, 0.05) is 12.8 Å². The topological polar surface area (TPSA) is 29.1 Å². The van der Waals surface area contributed by atoms with Crippen LogP contribution in [0.3, 0.4) is 0 Å². The van der Waals surface area contributed by atoms with Gasteiger partial charge in [-0.3, -0.25) is 4.79 Å². The summed E-state index contributed by atoms with van der Waals surface area (Å²) < 4.78 is 0. The number of carbonyl (C=O) groups excluding carboxylic acids is 1. The second-order valence-corrected chi connectivity index (χ2v) is 4.41. The van der Waals surface area contributed by atoms with Gasteiger partial charge in [-0.1, -0.05) is 19.8 Å². The van der Waals surface area contributed by atoms with E-state index in [9.17, 15) is 4.79 Å². The van der Waals surface area contributed by atoms with E-state index in [1.807, 2.05) is 0 Å². The first-order valence-corrected chi connectivity index (χ1v) is 6.05. The summed E-state index contributed by atoms with van der Waals surface area (Å²) in [7, 11) is 0. The number of hydrogen-bond acceptors (Lipinski definition) is 2. The fourth-order valence-corrected chi connectivity index (χ4v) is 2.09. The molecule has 1 N–H and O–H groups in total. The van der Waals surface area contributed by atoms with Crippen molar-refractivity contribution in [1.29, 1.82) is 0 Å². The molecule has 0 spiro atoms. The first-order chi connectivity index (χ1) is 6.83. The Hall–Kier alpha value is -0.370. The van der Waals surface area contributed by atoms with E-state index in [2.05, 4.69) is 12.2 Å². The van der Waals surface area contributed by atoms with E-state index in [1.165, 1.54) is 25.7 Å². The smallest absolute Gasteiger partial charge is 0.133 e. The standard InChI is InChI=1S/C12H23NO/c1-2-3-4-7-12(14)9-11-6-5-8-13-10-11/h11,13H,2-10H2,1H3. The van der Waals surface area contributed by atoms with Crippen molar-refractivity contribution >= 4 is 5.78 Å². The Morgan fingerprint density at radius 2 is 2.29 bits per heavy atom. The van der Waals surface area contributed by atoms with Gasteiger partial charge in [-0.15, -0.1) is 0 Å². The molecule has 1 saturated heterocycles. The van der Waals surface area contributed by atoms with Crippen LogP contribution in [0.15, 0.2) is 0 Å². The Kier molecular flexibility index (Phi) is 5.85. The van der Waals surface area contributed by atoms with Crippen LogP contribution in [-0.2, 0) is 4.79 Å². The predicted octanol–water partition coefficient (Wildman–Crippen LogP) is 2.53. The SMILES string of the molecule is CCCCCC(=O)CC1CCCNC1. The van der Waals surface area contributed by atoms with Crippen molar-refractivity contribution in [2.24, 2.45) is 5.92 Å². The molecule has 1 aliphatic rings. The van der Waals surface area contributed by atoms with Crippen LogP contribution in [0.4, 0.5) is 0 Å². The van der Waals surface area contributed by atoms with Crippen LogP contribution in [0.1, 0.15) is 51.9 Å². The van der Waals surface area contributed by atoms with Crippen molar-refractivity contribution in [3.05, 3.63) is 0 Å². The fourth-order valence-electron chi connectivity index (χ4n) is 2.09. The van der Waals surface area contributed by atoms with Crippen LogP contribution in [0.5, 0.6) is 0 Å². The lowest BCUT2D eigenvalue weighted by Crippen LogP contribution is -2.31. The molecule has 0 saturated carbocycles. The number of nitrogens with one attached hydrogen (secondary N) is 1. The zero-order chi connectivity index (χ0) is 10.2. The minimum Gasteiger partial charge on any atom is -0.316 e. The van der Waals surface area contributed by atoms with Gasteiger partial charge in [-0.25, -0.2) is 0 Å². The zero-order valence-corrected chi connectivity index (χ0v) is 9.35. The number of unbranched alkanes of at least 4 members (excludes halogenated alkanes) is 2. The van der Waals surface area contributed by atoms with Crippen molar-refractivity contribution in [2.75, 3.05) is 13.1 Å². The average Bonchev–Trinajstić information content (AvgIpc) is 2.20. The van der Waals surface area contributed by atoms with E-state index in [-0.39, 0.29) is 0 Å². The van der Waals surface area contributed by atoms with Gasteiger partial charge in [0.2, 0.25) is 0 Å². The molecule has 2 heteroatoms. The normalized spacial score (nSPS) is 22.2. The van der Waals surface area contributed by atoms with Gasteiger partial charge in [-0.05, 0) is 38.3 Å². The lowest BCUT2D eigenvalue weighted by Gasteiger charge is -2.21. The van der Waals surface area contributed by atoms with Crippen molar-refractivity contribution in [2.45, 2.75) is 51.9 Å². The van der Waals surface area contributed by atoms with Crippen LogP contribution in [-0.4, -0.2) is 18.9 Å². The van der Waals surface area contributed by atoms with Gasteiger partial charge in [0.15, 0.2) is 0 Å². The van der Waals surface area contributed by atoms with E-state index in [1.54, 1.807) is 0 Å². The largest absolute Gasteiger partial charge is 0.316 e. The third kappa shape index (κ3) is 4.75. The summed E-state index contributed by atoms with van der Waals surface area (Å²) in [6, 6.07) is 0. The Labute approximate surface area is 87.5 Å². The van der Waals surface area contributed by atoms with Gasteiger partial charge < -0.3 is 5.32 Å². The molecule has 1 heterocycles. The van der Waals surface area contributed by atoms with Crippen molar-refractivity contribution < 1.29 is 4.79 Å². The maximum atomic E-state index is 11.6. The third-order valence-corrected chi connectivity index (χ3v) is 2.97. The Morgan fingerprint density at radius 3 is 2.93 bits per heavy atom. The summed E-state index contributed by atoms with van der Waals surface area (Å²) in [4.78, 5) is 11.6. The molecular weight excluding hydrogens is 174 g/mol. The van der Waals surface area contributed by atoms with Gasteiger partial charge in [0.25, 0.3) is 0 Å². The molecule has 0 bridgehead atoms. The summed E-state index contributed by atoms with van der Waals surface area (Å²) in [5.74, 6) is 1.10. The highest BCUT2D eigenvalue weighted by molar-refractivity contribution is 5.78. The minimum atomic E-state index is 0.479. The van der Waals surface area contributed by atoms with Crippen LogP contribution < -0.4 is 5.32 Å². The Bertz CT molecular complexity index is 162. The molecule has 0 aromatic rings. The number of ketones is 1. The summed E-state index contributed by atoms with van der Waals surface area (Å²) >= 11 is 0. The van der Waals surface area contributed by atoms with Crippen molar-refractivity contribution in [3.63, 3.8) is 0 Å². The first kappa shape index (κ1) is 11.7. The molecule has 1 rings (SSSR count). The van der Waals surface area contributed by atoms with Gasteiger partial charge in [0.05, 0.1) is 0 Å². The van der Waals surface area contributed by atoms with Crippen LogP contribution >= 0.6 is 0 Å². The highest BCUT2D eigenvalue weighted by Crippen LogP contribution is 2.16. The van der Waals surface area contributed by atoms with Crippen LogP contribution in [0, 0.1) is 5.92 Å². The van der Waals surface area contributed by atoms with Crippen molar-refractivity contribution in [3.8, 4) is 0 Å². The highest BCUT2D eigenvalue weighted by Gasteiger charge is 2.15. The Morgan fingerprint density at radius 1 is 1.43 bits per heavy atom. The third-order valence-electron chi connectivity index (χ3n) is 2.97. The van der Waals surface area contributed by atoms with Crippen LogP contribution in [0.2, 0.25) is 0 Å². The molecule has 14 heavy (non-hydrogen) atoms. The molecule has 0 amide bonds. The quantitative estimate of drug-likeness (QED) is 0.663. The predicted molar refractivity (Wildman–Crippen MR) is 59.4 cm³/mol. The maximum Gasteiger partial charge on any atom is 0.133 e. The van der Waals surface area contributed by atoms with E-state index >= 15 is 0 Å². The first-order valence-electron chi connectivity index (χ1n) is 6.05. The number of hydrogen-bond donors (Lipinski definition) is 1. The molecule has 1 fully saturated rings. The lowest BCUT2D eigenvalue weighted by molar-refractivity contribution is -0.120. The highest BCUT2D eigenvalue weighted by atomic mass is 16.1. The molecular formula is C12H23NO. The number of rotatable bonds is 6. The number of carbonyl (C=O) groups is 1. The van der Waals surface area contributed by atoms with E-state index in [0.29, 0.717) is 11.7 Å². The van der Waals surface area contributed by atoms with Gasteiger partial charge >= 0.3 is 0 Å². The molecule has 1 aliphatic heterocycles. The molecule has 82 valence electrons. The summed E-state index contributed by atoms with van der Waals surface area (Å²) in [6.45, 7) is 4.37. The summed E-state index contributed by atoms with van der Waals surface area (Å²) in [5.41, 5.74) is 0. The van der Waals surface area contributed by atoms with E-state index < -0.39 is 0 Å². The van der Waals surface area contributed by atoms with Gasteiger partial charge in [0.1, 0.15) is 5.78 Å². The molecule has 1 atom stereocenters. The second-order valence-electron chi connectivity index (χ2n) is 4.41. The van der Waals surface area contributed by atoms with E-state index in [4.69, 9.17) is 0 Å². The number of Topliss-reactive ketones (excluding diaryl/α,β-unsaturated/α-hetero) is 1. The fraction of sp³-hybridized carbons (Fsp3) is 0.917. The molecule has 0 aromatic carbocycles. The molecule has 0 aliphatic carbocycles. The van der Waals surface area contributed by atoms with Crippen molar-refractivity contribution in [1.82, 2.24) is 5.32 Å². The molecule has 2 nitrogen and oxygen atoms in total.